The fourth-order valence-electron chi connectivity index (χ4n) is 0.906. The maximum absolute atomic E-state index is 11.0. The van der Waals surface area contributed by atoms with Crippen LogP contribution in [0.2, 0.25) is 5.15 Å². The van der Waals surface area contributed by atoms with Gasteiger partial charge in [-0.3, -0.25) is 4.79 Å². The van der Waals surface area contributed by atoms with Crippen LogP contribution in [0.5, 0.6) is 0 Å². The van der Waals surface area contributed by atoms with Crippen molar-refractivity contribution < 1.29 is 0 Å². The summed E-state index contributed by atoms with van der Waals surface area (Å²) in [5.41, 5.74) is 0.268. The molecular weight excluding hydrogens is 166 g/mol. The van der Waals surface area contributed by atoms with Gasteiger partial charge >= 0.3 is 0 Å². The van der Waals surface area contributed by atoms with Crippen LogP contribution in [0.1, 0.15) is 0 Å². The monoisotopic (exact) mass is 169 g/mol. The molecule has 0 saturated heterocycles. The minimum absolute atomic E-state index is 0.188. The first-order valence-electron chi connectivity index (χ1n) is 3.00. The van der Waals surface area contributed by atoms with Gasteiger partial charge in [0.05, 0.1) is 6.20 Å². The van der Waals surface area contributed by atoms with Gasteiger partial charge in [0, 0.05) is 6.20 Å². The van der Waals surface area contributed by atoms with Crippen LogP contribution in [0, 0.1) is 0 Å². The zero-order valence-electron chi connectivity index (χ0n) is 5.41. The van der Waals surface area contributed by atoms with E-state index in [1.165, 1.54) is 16.9 Å². The lowest BCUT2D eigenvalue weighted by molar-refractivity contribution is 0.937. The van der Waals surface area contributed by atoms with Crippen molar-refractivity contribution in [2.45, 2.75) is 0 Å². The lowest BCUT2D eigenvalue weighted by Crippen LogP contribution is -2.08. The molecule has 0 saturated carbocycles. The molecule has 0 spiro atoms. The first-order chi connectivity index (χ1) is 5.29. The van der Waals surface area contributed by atoms with Crippen molar-refractivity contribution in [3.8, 4) is 0 Å². The molecule has 0 radical (unpaired) electrons. The van der Waals surface area contributed by atoms with Crippen molar-refractivity contribution in [2.75, 3.05) is 0 Å². The van der Waals surface area contributed by atoms with E-state index in [4.69, 9.17) is 11.6 Å². The van der Waals surface area contributed by atoms with Gasteiger partial charge in [0.1, 0.15) is 10.7 Å². The van der Waals surface area contributed by atoms with Gasteiger partial charge in [0.2, 0.25) is 0 Å². The van der Waals surface area contributed by atoms with Crippen molar-refractivity contribution in [1.82, 2.24) is 14.6 Å². The van der Waals surface area contributed by atoms with Crippen LogP contribution < -0.4 is 5.56 Å². The van der Waals surface area contributed by atoms with Crippen LogP contribution >= 0.6 is 11.6 Å². The van der Waals surface area contributed by atoms with Gasteiger partial charge in [-0.2, -0.15) is 5.10 Å². The summed E-state index contributed by atoms with van der Waals surface area (Å²) in [6.45, 7) is 0. The first kappa shape index (κ1) is 6.42. The average molecular weight is 170 g/mol. The van der Waals surface area contributed by atoms with E-state index < -0.39 is 0 Å². The number of hydrogen-bond donors (Lipinski definition) is 1. The molecule has 0 amide bonds. The number of halogens is 1. The predicted molar refractivity (Wildman–Crippen MR) is 40.8 cm³/mol. The molecule has 2 heterocycles. The Morgan fingerprint density at radius 2 is 2.45 bits per heavy atom. The van der Waals surface area contributed by atoms with Crippen LogP contribution in [0.15, 0.2) is 23.3 Å². The van der Waals surface area contributed by atoms with Crippen molar-refractivity contribution in [3.63, 3.8) is 0 Å². The topological polar surface area (TPSA) is 50.2 Å². The van der Waals surface area contributed by atoms with Crippen LogP contribution in [0.4, 0.5) is 0 Å². The molecule has 0 atom stereocenters. The van der Waals surface area contributed by atoms with E-state index in [-0.39, 0.29) is 5.56 Å². The summed E-state index contributed by atoms with van der Waals surface area (Å²) in [4.78, 5) is 13.5. The number of aromatic amines is 1. The fraction of sp³-hybridized carbons (Fsp3) is 0. The van der Waals surface area contributed by atoms with Crippen LogP contribution in [-0.2, 0) is 0 Å². The van der Waals surface area contributed by atoms with E-state index in [0.717, 1.165) is 0 Å². The van der Waals surface area contributed by atoms with Crippen LogP contribution in [0.25, 0.3) is 5.52 Å². The molecule has 0 aromatic carbocycles. The summed E-state index contributed by atoms with van der Waals surface area (Å²) in [6.07, 6.45) is 2.93. The lowest BCUT2D eigenvalue weighted by atomic mass is 10.5. The highest BCUT2D eigenvalue weighted by Crippen LogP contribution is 2.04. The highest BCUT2D eigenvalue weighted by Gasteiger charge is 2.00. The van der Waals surface area contributed by atoms with Crippen molar-refractivity contribution in [3.05, 3.63) is 34.0 Å². The smallest absolute Gasteiger partial charge is 0.274 e. The van der Waals surface area contributed by atoms with E-state index in [0.29, 0.717) is 10.7 Å². The number of fused-ring (bicyclic) bond motifs is 1. The van der Waals surface area contributed by atoms with Crippen molar-refractivity contribution in [2.24, 2.45) is 0 Å². The Balaban J connectivity index is 3.08. The third kappa shape index (κ3) is 0.832. The van der Waals surface area contributed by atoms with Crippen LogP contribution in [0.3, 0.4) is 0 Å². The summed E-state index contributed by atoms with van der Waals surface area (Å²) >= 11 is 5.70. The Labute approximate surface area is 66.4 Å². The summed E-state index contributed by atoms with van der Waals surface area (Å²) < 4.78 is 1.38. The van der Waals surface area contributed by atoms with Gasteiger partial charge in [-0.05, 0) is 6.07 Å². The second kappa shape index (κ2) is 2.10. The Bertz CT molecular complexity index is 444. The van der Waals surface area contributed by atoms with E-state index in [2.05, 4.69) is 10.1 Å². The zero-order chi connectivity index (χ0) is 7.84. The molecule has 2 rings (SSSR count). The van der Waals surface area contributed by atoms with E-state index in [1.54, 1.807) is 6.07 Å². The standard InChI is InChI=1S/C6H4ClN3O/c7-5-3-8-6(11)4-1-2-9-10(4)5/h1-3H,(H,8,11). The first-order valence-corrected chi connectivity index (χ1v) is 3.38. The average Bonchev–Trinajstić information content (AvgIpc) is 2.45. The number of nitrogens with one attached hydrogen (secondary N) is 1. The lowest BCUT2D eigenvalue weighted by Gasteiger charge is -1.92. The highest BCUT2D eigenvalue weighted by molar-refractivity contribution is 6.29. The summed E-state index contributed by atoms with van der Waals surface area (Å²) in [5.74, 6) is 0. The molecule has 2 aromatic rings. The molecule has 0 aliphatic heterocycles. The quantitative estimate of drug-likeness (QED) is 0.631. The van der Waals surface area contributed by atoms with Gasteiger partial charge < -0.3 is 4.98 Å². The predicted octanol–water partition coefficient (Wildman–Crippen LogP) is 0.676. The Morgan fingerprint density at radius 3 is 3.18 bits per heavy atom. The maximum atomic E-state index is 11.0. The largest absolute Gasteiger partial charge is 0.324 e. The minimum atomic E-state index is -0.188. The number of aromatic nitrogens is 3. The fourth-order valence-corrected chi connectivity index (χ4v) is 1.09. The van der Waals surface area contributed by atoms with Gasteiger partial charge in [-0.25, -0.2) is 4.52 Å². The van der Waals surface area contributed by atoms with Gasteiger partial charge in [-0.1, -0.05) is 11.6 Å². The molecule has 11 heavy (non-hydrogen) atoms. The van der Waals surface area contributed by atoms with E-state index in [1.807, 2.05) is 0 Å². The minimum Gasteiger partial charge on any atom is -0.324 e. The molecule has 0 fully saturated rings. The van der Waals surface area contributed by atoms with Gasteiger partial charge in [-0.15, -0.1) is 0 Å². The molecular formula is C6H4ClN3O. The van der Waals surface area contributed by atoms with Crippen molar-refractivity contribution in [1.29, 1.82) is 0 Å². The Kier molecular flexibility index (Phi) is 1.22. The van der Waals surface area contributed by atoms with E-state index in [9.17, 15) is 4.79 Å². The molecule has 0 unspecified atom stereocenters. The second-order valence-electron chi connectivity index (χ2n) is 2.07. The summed E-state index contributed by atoms with van der Waals surface area (Å²) in [7, 11) is 0. The number of H-pyrrole nitrogens is 1. The molecule has 4 nitrogen and oxygen atoms in total. The molecule has 0 aliphatic rings. The molecule has 56 valence electrons. The molecule has 1 N–H and O–H groups in total. The van der Waals surface area contributed by atoms with Crippen LogP contribution in [-0.4, -0.2) is 14.6 Å². The van der Waals surface area contributed by atoms with Gasteiger partial charge in [0.15, 0.2) is 0 Å². The normalized spacial score (nSPS) is 10.6. The summed E-state index contributed by atoms with van der Waals surface area (Å²) in [5, 5.41) is 4.24. The molecule has 5 heteroatoms. The zero-order valence-corrected chi connectivity index (χ0v) is 6.17. The third-order valence-corrected chi connectivity index (χ3v) is 1.67. The number of hydrogen-bond acceptors (Lipinski definition) is 2. The summed E-state index contributed by atoms with van der Waals surface area (Å²) in [6, 6.07) is 1.60. The van der Waals surface area contributed by atoms with Crippen molar-refractivity contribution >= 4 is 17.1 Å². The molecule has 2 aromatic heterocycles. The van der Waals surface area contributed by atoms with Gasteiger partial charge in [0.25, 0.3) is 5.56 Å². The highest BCUT2D eigenvalue weighted by atomic mass is 35.5. The number of rotatable bonds is 0. The molecule has 0 bridgehead atoms. The third-order valence-electron chi connectivity index (χ3n) is 1.40. The maximum Gasteiger partial charge on any atom is 0.274 e. The molecule has 0 aliphatic carbocycles. The SMILES string of the molecule is O=c1[nH]cc(Cl)n2nccc12. The van der Waals surface area contributed by atoms with E-state index >= 15 is 0 Å². The Hall–Kier alpha value is -1.29. The second-order valence-corrected chi connectivity index (χ2v) is 2.46. The number of nitrogens with zero attached hydrogens (tertiary/aromatic N) is 2. The Morgan fingerprint density at radius 1 is 1.64 bits per heavy atom.